The van der Waals surface area contributed by atoms with E-state index in [1.165, 1.54) is 12.1 Å². The molecule has 1 aromatic carbocycles. The van der Waals surface area contributed by atoms with Crippen LogP contribution in [-0.2, 0) is 19.6 Å². The lowest BCUT2D eigenvalue weighted by molar-refractivity contribution is -0.384. The molecule has 2 aromatic heterocycles. The summed E-state index contributed by atoms with van der Waals surface area (Å²) >= 11 is 0. The SMILES string of the molecule is CCCCn1cnc2c1c(=O)n(Cc1cccc([N+](=O)[O-])c1)c(=O)n2CCCC. The van der Waals surface area contributed by atoms with E-state index in [2.05, 4.69) is 11.9 Å². The van der Waals surface area contributed by atoms with Crippen LogP contribution in [0.5, 0.6) is 0 Å². The van der Waals surface area contributed by atoms with Crippen LogP contribution in [0.3, 0.4) is 0 Å². The molecule has 0 saturated heterocycles. The molecule has 0 unspecified atom stereocenters. The van der Waals surface area contributed by atoms with E-state index < -0.39 is 16.2 Å². The molecule has 0 fully saturated rings. The van der Waals surface area contributed by atoms with Crippen molar-refractivity contribution in [2.75, 3.05) is 0 Å². The summed E-state index contributed by atoms with van der Waals surface area (Å²) in [5, 5.41) is 11.1. The highest BCUT2D eigenvalue weighted by atomic mass is 16.6. The van der Waals surface area contributed by atoms with E-state index in [0.717, 1.165) is 30.3 Å². The summed E-state index contributed by atoms with van der Waals surface area (Å²) in [5.41, 5.74) is 0.399. The van der Waals surface area contributed by atoms with E-state index in [1.54, 1.807) is 27.6 Å². The van der Waals surface area contributed by atoms with Crippen LogP contribution >= 0.6 is 0 Å². The van der Waals surface area contributed by atoms with Gasteiger partial charge in [0.1, 0.15) is 0 Å². The Hall–Kier alpha value is -3.23. The maximum Gasteiger partial charge on any atom is 0.333 e. The summed E-state index contributed by atoms with van der Waals surface area (Å²) in [7, 11) is 0. The smallest absolute Gasteiger partial charge is 0.325 e. The van der Waals surface area contributed by atoms with Gasteiger partial charge < -0.3 is 4.57 Å². The average Bonchev–Trinajstić information content (AvgIpc) is 3.13. The van der Waals surface area contributed by atoms with Crippen molar-refractivity contribution in [1.82, 2.24) is 18.7 Å². The molecule has 9 nitrogen and oxygen atoms in total. The maximum absolute atomic E-state index is 13.2. The molecule has 0 amide bonds. The van der Waals surface area contributed by atoms with Gasteiger partial charge in [0.2, 0.25) is 0 Å². The van der Waals surface area contributed by atoms with Crippen LogP contribution in [0.2, 0.25) is 0 Å². The second-order valence-corrected chi connectivity index (χ2v) is 7.07. The lowest BCUT2D eigenvalue weighted by Crippen LogP contribution is -2.41. The van der Waals surface area contributed by atoms with Gasteiger partial charge >= 0.3 is 5.69 Å². The number of aromatic nitrogens is 4. The van der Waals surface area contributed by atoms with Crippen molar-refractivity contribution >= 4 is 16.9 Å². The summed E-state index contributed by atoms with van der Waals surface area (Å²) in [4.78, 5) is 41.2. The largest absolute Gasteiger partial charge is 0.333 e. The summed E-state index contributed by atoms with van der Waals surface area (Å²) in [5.74, 6) is 0. The van der Waals surface area contributed by atoms with E-state index in [1.807, 2.05) is 6.92 Å². The van der Waals surface area contributed by atoms with Gasteiger partial charge in [0, 0.05) is 25.2 Å². The Morgan fingerprint density at radius 1 is 1.07 bits per heavy atom. The number of hydrogen-bond donors (Lipinski definition) is 0. The number of aryl methyl sites for hydroxylation is 2. The molecule has 0 radical (unpaired) electrons. The molecule has 0 aliphatic carbocycles. The zero-order valence-corrected chi connectivity index (χ0v) is 16.7. The van der Waals surface area contributed by atoms with Crippen molar-refractivity contribution in [3.05, 3.63) is 67.1 Å². The molecule has 0 spiro atoms. The third-order valence-electron chi connectivity index (χ3n) is 4.93. The van der Waals surface area contributed by atoms with Crippen molar-refractivity contribution in [1.29, 1.82) is 0 Å². The highest BCUT2D eigenvalue weighted by Gasteiger charge is 2.18. The molecule has 29 heavy (non-hydrogen) atoms. The van der Waals surface area contributed by atoms with Gasteiger partial charge in [-0.3, -0.25) is 24.0 Å². The number of nitro groups is 1. The highest BCUT2D eigenvalue weighted by molar-refractivity contribution is 5.70. The van der Waals surface area contributed by atoms with Gasteiger partial charge in [0.05, 0.1) is 17.8 Å². The fourth-order valence-corrected chi connectivity index (χ4v) is 3.34. The monoisotopic (exact) mass is 399 g/mol. The molecule has 0 bridgehead atoms. The molecule has 0 saturated carbocycles. The van der Waals surface area contributed by atoms with Crippen LogP contribution in [0.1, 0.15) is 45.1 Å². The molecule has 0 N–H and O–H groups in total. The minimum atomic E-state index is -0.491. The Morgan fingerprint density at radius 2 is 1.79 bits per heavy atom. The molecule has 9 heteroatoms. The Bertz CT molecular complexity index is 1140. The molecule has 0 atom stereocenters. The second-order valence-electron chi connectivity index (χ2n) is 7.07. The minimum absolute atomic E-state index is 0.0274. The predicted molar refractivity (Wildman–Crippen MR) is 110 cm³/mol. The molecule has 0 aliphatic rings. The van der Waals surface area contributed by atoms with E-state index >= 15 is 0 Å². The lowest BCUT2D eigenvalue weighted by atomic mass is 10.2. The van der Waals surface area contributed by atoms with Crippen molar-refractivity contribution in [2.24, 2.45) is 0 Å². The van der Waals surface area contributed by atoms with Crippen LogP contribution < -0.4 is 11.2 Å². The van der Waals surface area contributed by atoms with Crippen LogP contribution in [0.15, 0.2) is 40.2 Å². The Balaban J connectivity index is 2.17. The van der Waals surface area contributed by atoms with Gasteiger partial charge in [-0.15, -0.1) is 0 Å². The lowest BCUT2D eigenvalue weighted by Gasteiger charge is -2.12. The number of non-ortho nitro benzene ring substituents is 1. The van der Waals surface area contributed by atoms with Crippen LogP contribution in [0.4, 0.5) is 5.69 Å². The first-order valence-electron chi connectivity index (χ1n) is 9.89. The molecule has 154 valence electrons. The first kappa shape index (κ1) is 20.5. The average molecular weight is 399 g/mol. The van der Waals surface area contributed by atoms with E-state index in [9.17, 15) is 19.7 Å². The Morgan fingerprint density at radius 3 is 2.48 bits per heavy atom. The van der Waals surface area contributed by atoms with Crippen LogP contribution in [0.25, 0.3) is 11.2 Å². The molecule has 3 aromatic rings. The normalized spacial score (nSPS) is 11.2. The van der Waals surface area contributed by atoms with Gasteiger partial charge in [-0.05, 0) is 18.4 Å². The fourth-order valence-electron chi connectivity index (χ4n) is 3.34. The first-order chi connectivity index (χ1) is 14.0. The van der Waals surface area contributed by atoms with Gasteiger partial charge in [-0.1, -0.05) is 38.8 Å². The van der Waals surface area contributed by atoms with E-state index in [0.29, 0.717) is 29.8 Å². The summed E-state index contributed by atoms with van der Waals surface area (Å²) < 4.78 is 4.49. The Labute approximate surface area is 167 Å². The fraction of sp³-hybridized carbons (Fsp3) is 0.450. The number of imidazole rings is 1. The standard InChI is InChI=1S/C20H25N5O4/c1-3-5-10-22-14-21-18-17(22)19(26)24(20(27)23(18)11-6-4-2)13-15-8-7-9-16(12-15)25(28)29/h7-9,12,14H,3-6,10-11,13H2,1-2H3. The van der Waals surface area contributed by atoms with E-state index in [4.69, 9.17) is 0 Å². The number of hydrogen-bond acceptors (Lipinski definition) is 5. The quantitative estimate of drug-likeness (QED) is 0.406. The molecule has 2 heterocycles. The molecule has 3 rings (SSSR count). The number of rotatable bonds is 9. The van der Waals surface area contributed by atoms with E-state index in [-0.39, 0.29) is 12.2 Å². The zero-order valence-electron chi connectivity index (χ0n) is 16.7. The minimum Gasteiger partial charge on any atom is -0.325 e. The van der Waals surface area contributed by atoms with Gasteiger partial charge in [-0.2, -0.15) is 0 Å². The predicted octanol–water partition coefficient (Wildman–Crippen LogP) is 2.92. The van der Waals surface area contributed by atoms with Crippen molar-refractivity contribution in [2.45, 2.75) is 59.2 Å². The molecular formula is C20H25N5O4. The number of unbranched alkanes of at least 4 members (excludes halogenated alkanes) is 2. The zero-order chi connectivity index (χ0) is 21.0. The van der Waals surface area contributed by atoms with Crippen molar-refractivity contribution in [3.63, 3.8) is 0 Å². The Kier molecular flexibility index (Phi) is 6.26. The third kappa shape index (κ3) is 4.13. The third-order valence-corrected chi connectivity index (χ3v) is 4.93. The number of benzene rings is 1. The maximum atomic E-state index is 13.2. The van der Waals surface area contributed by atoms with Crippen molar-refractivity contribution in [3.8, 4) is 0 Å². The van der Waals surface area contributed by atoms with Crippen LogP contribution in [-0.4, -0.2) is 23.6 Å². The summed E-state index contributed by atoms with van der Waals surface area (Å²) in [6.07, 6.45) is 5.16. The van der Waals surface area contributed by atoms with Gasteiger partial charge in [-0.25, -0.2) is 9.78 Å². The first-order valence-corrected chi connectivity index (χ1v) is 9.89. The summed E-state index contributed by atoms with van der Waals surface area (Å²) in [6.45, 7) is 5.18. The number of fused-ring (bicyclic) bond motifs is 1. The van der Waals surface area contributed by atoms with Crippen LogP contribution in [0, 0.1) is 10.1 Å². The highest BCUT2D eigenvalue weighted by Crippen LogP contribution is 2.14. The second kappa shape index (κ2) is 8.85. The number of nitro benzene ring substituents is 1. The van der Waals surface area contributed by atoms with Crippen molar-refractivity contribution < 1.29 is 4.92 Å². The molecule has 0 aliphatic heterocycles. The topological polar surface area (TPSA) is 105 Å². The van der Waals surface area contributed by atoms with Gasteiger partial charge in [0.25, 0.3) is 11.2 Å². The molecular weight excluding hydrogens is 374 g/mol. The summed E-state index contributed by atoms with van der Waals surface area (Å²) in [6, 6.07) is 6.00. The van der Waals surface area contributed by atoms with Gasteiger partial charge in [0.15, 0.2) is 11.2 Å². The number of nitrogens with zero attached hydrogens (tertiary/aromatic N) is 5.